The molecular formula is C20H18N4O2S. The molecule has 0 saturated heterocycles. The van der Waals surface area contributed by atoms with Crippen LogP contribution in [0.15, 0.2) is 71.3 Å². The lowest BCUT2D eigenvalue weighted by Crippen LogP contribution is -2.50. The number of rotatable bonds is 4. The Labute approximate surface area is 160 Å². The van der Waals surface area contributed by atoms with Crippen LogP contribution in [0.4, 0.5) is 0 Å². The first-order valence-electron chi connectivity index (χ1n) is 8.46. The predicted molar refractivity (Wildman–Crippen MR) is 106 cm³/mol. The zero-order chi connectivity index (χ0) is 18.8. The van der Waals surface area contributed by atoms with Crippen molar-refractivity contribution in [2.45, 2.75) is 6.17 Å². The maximum Gasteiger partial charge on any atom is 0.276 e. The average molecular weight is 378 g/mol. The Bertz CT molecular complexity index is 1060. The molecule has 0 aromatic heterocycles. The fourth-order valence-corrected chi connectivity index (χ4v) is 3.70. The second kappa shape index (κ2) is 7.28. The number of carbonyl (C=O) groups is 1. The summed E-state index contributed by atoms with van der Waals surface area (Å²) in [6, 6.07) is 15.2. The van der Waals surface area contributed by atoms with Gasteiger partial charge in [0.25, 0.3) is 5.91 Å². The van der Waals surface area contributed by atoms with Gasteiger partial charge in [-0.25, -0.2) is 5.01 Å². The first-order chi connectivity index (χ1) is 13.2. The number of hydrazone groups is 1. The summed E-state index contributed by atoms with van der Waals surface area (Å²) >= 11 is 1.42. The molecule has 0 fully saturated rings. The van der Waals surface area contributed by atoms with Crippen LogP contribution in [0.25, 0.3) is 5.70 Å². The predicted octanol–water partition coefficient (Wildman–Crippen LogP) is 1.76. The second-order valence-corrected chi connectivity index (χ2v) is 6.92. The van der Waals surface area contributed by atoms with Crippen LogP contribution in [0.1, 0.15) is 11.7 Å². The number of amides is 1. The molecule has 2 aliphatic rings. The highest BCUT2D eigenvalue weighted by atomic mass is 32.2. The lowest BCUT2D eigenvalue weighted by Gasteiger charge is -2.34. The van der Waals surface area contributed by atoms with E-state index in [2.05, 4.69) is 17.0 Å². The molecule has 2 heterocycles. The van der Waals surface area contributed by atoms with E-state index in [4.69, 9.17) is 9.73 Å². The number of nitrogens with zero attached hydrogens (tertiary/aromatic N) is 3. The van der Waals surface area contributed by atoms with Crippen molar-refractivity contribution in [2.24, 2.45) is 10.1 Å². The van der Waals surface area contributed by atoms with Crippen molar-refractivity contribution in [1.29, 1.82) is 0 Å². The number of nitrogens with one attached hydrogen (secondary N) is 1. The number of amidine groups is 1. The highest BCUT2D eigenvalue weighted by Crippen LogP contribution is 2.35. The van der Waals surface area contributed by atoms with E-state index in [1.54, 1.807) is 18.2 Å². The number of ether oxygens (including phenoxy) is 1. The van der Waals surface area contributed by atoms with Crippen molar-refractivity contribution in [3.8, 4) is 5.75 Å². The molecule has 4 rings (SSSR count). The fraction of sp³-hybridized carbons (Fsp3) is 0.150. The van der Waals surface area contributed by atoms with Crippen LogP contribution in [0, 0.1) is 0 Å². The SMILES string of the molecule is C=CCSC1=NN2C(=c3ccccc3=N[C@H]2c2ccccc2OC)C(=O)N1. The lowest BCUT2D eigenvalue weighted by molar-refractivity contribution is -0.116. The van der Waals surface area contributed by atoms with Gasteiger partial charge >= 0.3 is 0 Å². The average Bonchev–Trinajstić information content (AvgIpc) is 2.71. The van der Waals surface area contributed by atoms with Crippen LogP contribution in [0.5, 0.6) is 5.75 Å². The van der Waals surface area contributed by atoms with Crippen molar-refractivity contribution < 1.29 is 9.53 Å². The first-order valence-corrected chi connectivity index (χ1v) is 9.44. The molecule has 6 nitrogen and oxygen atoms in total. The van der Waals surface area contributed by atoms with E-state index < -0.39 is 6.17 Å². The standard InChI is InChI=1S/C20H18N4O2S/c1-3-12-27-20-22-19(25)17-13-8-4-6-10-15(13)21-18(24(17)23-20)14-9-5-7-11-16(14)26-2/h3-11,18H,1,12H2,2H3,(H,22,23,25)/t18-/m1/s1. The van der Waals surface area contributed by atoms with Gasteiger partial charge in [-0.1, -0.05) is 54.2 Å². The lowest BCUT2D eigenvalue weighted by atomic mass is 10.1. The van der Waals surface area contributed by atoms with Crippen LogP contribution in [0.2, 0.25) is 0 Å². The van der Waals surface area contributed by atoms with Crippen LogP contribution in [-0.4, -0.2) is 28.9 Å². The number of fused-ring (bicyclic) bond motifs is 2. The number of thioether (sulfide) groups is 1. The minimum atomic E-state index is -0.489. The molecular weight excluding hydrogens is 360 g/mol. The highest BCUT2D eigenvalue weighted by molar-refractivity contribution is 8.14. The summed E-state index contributed by atoms with van der Waals surface area (Å²) in [5, 5.41) is 11.3. The van der Waals surface area contributed by atoms with Crippen LogP contribution in [0.3, 0.4) is 0 Å². The molecule has 0 radical (unpaired) electrons. The minimum absolute atomic E-state index is 0.196. The van der Waals surface area contributed by atoms with Gasteiger partial charge in [0.1, 0.15) is 11.4 Å². The van der Waals surface area contributed by atoms with Crippen molar-refractivity contribution in [3.05, 3.63) is 77.3 Å². The number of para-hydroxylation sites is 2. The molecule has 2 aromatic carbocycles. The fourth-order valence-electron chi connectivity index (χ4n) is 3.11. The number of methoxy groups -OCH3 is 1. The Morgan fingerprint density at radius 3 is 2.85 bits per heavy atom. The van der Waals surface area contributed by atoms with E-state index >= 15 is 0 Å². The Kier molecular flexibility index (Phi) is 4.68. The van der Waals surface area contributed by atoms with Crippen molar-refractivity contribution >= 4 is 28.5 Å². The van der Waals surface area contributed by atoms with Gasteiger partial charge in [0, 0.05) is 16.5 Å². The van der Waals surface area contributed by atoms with Gasteiger partial charge in [-0.15, -0.1) is 11.7 Å². The van der Waals surface area contributed by atoms with Gasteiger partial charge < -0.3 is 4.74 Å². The maximum atomic E-state index is 12.9. The Morgan fingerprint density at radius 1 is 1.26 bits per heavy atom. The molecule has 2 aliphatic heterocycles. The Balaban J connectivity index is 1.93. The van der Waals surface area contributed by atoms with Crippen molar-refractivity contribution in [1.82, 2.24) is 10.3 Å². The summed E-state index contributed by atoms with van der Waals surface area (Å²) in [5.74, 6) is 1.15. The molecule has 0 saturated carbocycles. The molecule has 2 aromatic rings. The van der Waals surface area contributed by atoms with Crippen LogP contribution in [-0.2, 0) is 4.79 Å². The summed E-state index contributed by atoms with van der Waals surface area (Å²) in [6.45, 7) is 3.72. The van der Waals surface area contributed by atoms with E-state index in [1.165, 1.54) is 11.8 Å². The molecule has 1 amide bonds. The van der Waals surface area contributed by atoms with E-state index in [1.807, 2.05) is 48.5 Å². The number of hydrogen-bond donors (Lipinski definition) is 1. The maximum absolute atomic E-state index is 12.9. The van der Waals surface area contributed by atoms with Crippen LogP contribution < -0.4 is 20.6 Å². The third-order valence-corrected chi connectivity index (χ3v) is 5.13. The third-order valence-electron chi connectivity index (χ3n) is 4.27. The van der Waals surface area contributed by atoms with Gasteiger partial charge in [-0.2, -0.15) is 0 Å². The van der Waals surface area contributed by atoms with Gasteiger partial charge in [0.2, 0.25) is 0 Å². The zero-order valence-electron chi connectivity index (χ0n) is 14.8. The van der Waals surface area contributed by atoms with Crippen molar-refractivity contribution in [3.63, 3.8) is 0 Å². The van der Waals surface area contributed by atoms with Gasteiger partial charge in [0.05, 0.1) is 12.5 Å². The van der Waals surface area contributed by atoms with Gasteiger partial charge in [-0.05, 0) is 12.1 Å². The van der Waals surface area contributed by atoms with E-state index in [0.717, 1.165) is 16.1 Å². The molecule has 0 unspecified atom stereocenters. The number of hydrogen-bond acceptors (Lipinski definition) is 6. The quantitative estimate of drug-likeness (QED) is 0.824. The van der Waals surface area contributed by atoms with Gasteiger partial charge in [0.15, 0.2) is 11.3 Å². The highest BCUT2D eigenvalue weighted by Gasteiger charge is 2.35. The van der Waals surface area contributed by atoms with Crippen molar-refractivity contribution in [2.75, 3.05) is 12.9 Å². The Hall–Kier alpha value is -3.06. The smallest absolute Gasteiger partial charge is 0.276 e. The molecule has 0 bridgehead atoms. The summed E-state index contributed by atoms with van der Waals surface area (Å²) < 4.78 is 5.52. The Morgan fingerprint density at radius 2 is 2.04 bits per heavy atom. The molecule has 136 valence electrons. The molecule has 27 heavy (non-hydrogen) atoms. The van der Waals surface area contributed by atoms with E-state index in [0.29, 0.717) is 22.4 Å². The molecule has 7 heteroatoms. The monoisotopic (exact) mass is 378 g/mol. The summed E-state index contributed by atoms with van der Waals surface area (Å²) in [6.07, 6.45) is 1.28. The van der Waals surface area contributed by atoms with Gasteiger partial charge in [-0.3, -0.25) is 15.1 Å². The number of benzene rings is 2. The minimum Gasteiger partial charge on any atom is -0.496 e. The molecule has 1 atom stereocenters. The topological polar surface area (TPSA) is 66.3 Å². The largest absolute Gasteiger partial charge is 0.496 e. The number of carbonyl (C=O) groups excluding carboxylic acids is 1. The summed E-state index contributed by atoms with van der Waals surface area (Å²) in [5.41, 5.74) is 1.33. The van der Waals surface area contributed by atoms with E-state index in [9.17, 15) is 4.79 Å². The molecule has 0 aliphatic carbocycles. The summed E-state index contributed by atoms with van der Waals surface area (Å²) in [4.78, 5) is 17.8. The normalized spacial score (nSPS) is 17.9. The van der Waals surface area contributed by atoms with E-state index in [-0.39, 0.29) is 5.91 Å². The zero-order valence-corrected chi connectivity index (χ0v) is 15.6. The molecule has 0 spiro atoms. The first kappa shape index (κ1) is 17.4. The second-order valence-electron chi connectivity index (χ2n) is 5.91. The molecule has 1 N–H and O–H groups in total. The van der Waals surface area contributed by atoms with Crippen LogP contribution >= 0.6 is 11.8 Å². The summed E-state index contributed by atoms with van der Waals surface area (Å²) in [7, 11) is 1.62. The third kappa shape index (κ3) is 3.10.